The van der Waals surface area contributed by atoms with Crippen molar-refractivity contribution in [3.05, 3.63) is 34.6 Å². The molecule has 0 aliphatic rings. The van der Waals surface area contributed by atoms with Crippen molar-refractivity contribution in [3.63, 3.8) is 0 Å². The van der Waals surface area contributed by atoms with Crippen molar-refractivity contribution in [2.45, 2.75) is 83.0 Å². The molecule has 0 aliphatic carbocycles. The number of benzene rings is 1. The molecule has 0 saturated heterocycles. The maximum absolute atomic E-state index is 14.6. The van der Waals surface area contributed by atoms with Crippen molar-refractivity contribution in [1.29, 1.82) is 0 Å². The predicted octanol–water partition coefficient (Wildman–Crippen LogP) is 0.764. The van der Waals surface area contributed by atoms with E-state index in [1.54, 1.807) is 0 Å². The van der Waals surface area contributed by atoms with Gasteiger partial charge >= 0.3 is 12.2 Å². The van der Waals surface area contributed by atoms with Gasteiger partial charge in [-0.2, -0.15) is 0 Å². The number of amides is 5. The number of carbonyl (C=O) groups is 5. The number of nitrogens with zero attached hydrogens (tertiary/aromatic N) is 1. The summed E-state index contributed by atoms with van der Waals surface area (Å²) in [7, 11) is 0. The number of primary amides is 1. The van der Waals surface area contributed by atoms with Gasteiger partial charge in [0, 0.05) is 25.1 Å². The SMILES string of the molecule is CC(C)(C)OC(=O)N[C@H](CCCN=C(N)N)C(=O)N[C@@H](Cc1c(F)c(F)c(F)c(F)c1F)C(=O)N[C@@H](CCCCNC(=O)O)C(N)=O. The summed E-state index contributed by atoms with van der Waals surface area (Å²) in [4.78, 5) is 65.5. The first-order valence-corrected chi connectivity index (χ1v) is 14.2. The number of aliphatic imine (C=N–C) groups is 1. The van der Waals surface area contributed by atoms with Gasteiger partial charge in [0.25, 0.3) is 0 Å². The Morgan fingerprint density at radius 2 is 1.28 bits per heavy atom. The van der Waals surface area contributed by atoms with E-state index in [0.29, 0.717) is 0 Å². The minimum Gasteiger partial charge on any atom is -0.465 e. The number of hydrogen-bond acceptors (Lipinski definition) is 7. The molecule has 0 aromatic heterocycles. The number of alkyl carbamates (subject to hydrolysis) is 1. The van der Waals surface area contributed by atoms with Gasteiger partial charge in [-0.15, -0.1) is 0 Å². The van der Waals surface area contributed by atoms with Crippen LogP contribution in [-0.2, 0) is 25.5 Å². The molecule has 0 bridgehead atoms. The number of carbonyl (C=O) groups excluding carboxylic acids is 4. The first kappa shape index (κ1) is 40.1. The fourth-order valence-electron chi connectivity index (χ4n) is 3.96. The number of hydrogen-bond donors (Lipinski definition) is 8. The molecule has 11 N–H and O–H groups in total. The van der Waals surface area contributed by atoms with Crippen LogP contribution in [-0.4, -0.2) is 77.8 Å². The highest BCUT2D eigenvalue weighted by molar-refractivity contribution is 5.93. The highest BCUT2D eigenvalue weighted by Gasteiger charge is 2.34. The summed E-state index contributed by atoms with van der Waals surface area (Å²) in [6, 6.07) is -5.05. The molecule has 1 aromatic carbocycles. The third-order valence-corrected chi connectivity index (χ3v) is 6.15. The molecule has 1 rings (SSSR count). The summed E-state index contributed by atoms with van der Waals surface area (Å²) in [5.74, 6) is -15.4. The monoisotopic (exact) mass is 682 g/mol. The topological polar surface area (TPSA) is 253 Å². The van der Waals surface area contributed by atoms with Gasteiger partial charge in [0.2, 0.25) is 23.5 Å². The molecule has 0 heterocycles. The van der Waals surface area contributed by atoms with Crippen LogP contribution in [0, 0.1) is 29.1 Å². The normalized spacial score (nSPS) is 13.0. The third kappa shape index (κ3) is 13.9. The molecule has 0 fully saturated rings. The standard InChI is InChI=1S/C27H39F5N8O7/c1-27(2,3)47-26(46)40-14(8-6-10-36-24(34)35)22(42)39-15(11-12-16(28)18(30)20(32)19(31)17(12)29)23(43)38-13(21(33)41)7-4-5-9-37-25(44)45/h13-15,37H,4-11H2,1-3H3,(H2,33,41)(H,38,43)(H,39,42)(H,40,46)(H,44,45)(H4,34,35,36)/t13-,14+,15-/m0/s1. The zero-order valence-corrected chi connectivity index (χ0v) is 25.9. The quantitative estimate of drug-likeness (QED) is 0.0288. The van der Waals surface area contributed by atoms with Gasteiger partial charge in [0.15, 0.2) is 29.2 Å². The smallest absolute Gasteiger partial charge is 0.408 e. The lowest BCUT2D eigenvalue weighted by Crippen LogP contribution is -2.57. The molecule has 0 spiro atoms. The van der Waals surface area contributed by atoms with Gasteiger partial charge < -0.3 is 48.3 Å². The number of nitrogens with one attached hydrogen (secondary N) is 4. The first-order valence-electron chi connectivity index (χ1n) is 14.2. The molecule has 0 radical (unpaired) electrons. The lowest BCUT2D eigenvalue weighted by Gasteiger charge is -2.26. The molecule has 0 saturated carbocycles. The van der Waals surface area contributed by atoms with Crippen LogP contribution in [0.25, 0.3) is 0 Å². The van der Waals surface area contributed by atoms with E-state index >= 15 is 0 Å². The van der Waals surface area contributed by atoms with E-state index in [1.165, 1.54) is 20.8 Å². The van der Waals surface area contributed by atoms with E-state index in [4.69, 9.17) is 27.0 Å². The lowest BCUT2D eigenvalue weighted by molar-refractivity contribution is -0.132. The highest BCUT2D eigenvalue weighted by Crippen LogP contribution is 2.24. The molecular weight excluding hydrogens is 643 g/mol. The van der Waals surface area contributed by atoms with Gasteiger partial charge in [-0.1, -0.05) is 0 Å². The van der Waals surface area contributed by atoms with Crippen molar-refractivity contribution >= 4 is 35.9 Å². The third-order valence-electron chi connectivity index (χ3n) is 6.15. The number of carboxylic acid groups (broad SMARTS) is 1. The zero-order valence-electron chi connectivity index (χ0n) is 25.9. The van der Waals surface area contributed by atoms with Crippen LogP contribution >= 0.6 is 0 Å². The van der Waals surface area contributed by atoms with Crippen LogP contribution in [0.2, 0.25) is 0 Å². The summed E-state index contributed by atoms with van der Waals surface area (Å²) in [6.45, 7) is 4.57. The summed E-state index contributed by atoms with van der Waals surface area (Å²) in [5, 5.41) is 17.3. The Kier molecular flexibility index (Phi) is 15.6. The Bertz CT molecular complexity index is 1310. The first-order chi connectivity index (χ1) is 21.7. The van der Waals surface area contributed by atoms with E-state index in [-0.39, 0.29) is 51.2 Å². The average Bonchev–Trinajstić information content (AvgIpc) is 2.95. The molecule has 47 heavy (non-hydrogen) atoms. The van der Waals surface area contributed by atoms with Crippen LogP contribution in [0.4, 0.5) is 31.5 Å². The Morgan fingerprint density at radius 3 is 1.79 bits per heavy atom. The van der Waals surface area contributed by atoms with Gasteiger partial charge in [-0.3, -0.25) is 19.4 Å². The predicted molar refractivity (Wildman–Crippen MR) is 156 cm³/mol. The number of guanidine groups is 1. The fraction of sp³-hybridized carbons (Fsp3) is 0.556. The van der Waals surface area contributed by atoms with Crippen molar-refractivity contribution in [3.8, 4) is 0 Å². The van der Waals surface area contributed by atoms with Crippen LogP contribution < -0.4 is 38.5 Å². The second-order valence-corrected chi connectivity index (χ2v) is 11.2. The number of unbranched alkanes of at least 4 members (excludes halogenated alkanes) is 1. The molecule has 20 heteroatoms. The Balaban J connectivity index is 3.41. The van der Waals surface area contributed by atoms with Crippen molar-refractivity contribution < 1.29 is 55.8 Å². The van der Waals surface area contributed by atoms with E-state index in [9.17, 15) is 45.9 Å². The molecule has 1 aromatic rings. The molecular formula is C27H39F5N8O7. The lowest BCUT2D eigenvalue weighted by atomic mass is 10.0. The summed E-state index contributed by atoms with van der Waals surface area (Å²) < 4.78 is 76.0. The Morgan fingerprint density at radius 1 is 0.766 bits per heavy atom. The molecule has 15 nitrogen and oxygen atoms in total. The van der Waals surface area contributed by atoms with E-state index in [2.05, 4.69) is 26.3 Å². The summed E-state index contributed by atoms with van der Waals surface area (Å²) in [6.07, 6.45) is -3.61. The van der Waals surface area contributed by atoms with Gasteiger partial charge in [-0.05, 0) is 52.9 Å². The average molecular weight is 683 g/mol. The molecule has 3 atom stereocenters. The second-order valence-electron chi connectivity index (χ2n) is 11.2. The fourth-order valence-corrected chi connectivity index (χ4v) is 3.96. The minimum atomic E-state index is -2.46. The maximum atomic E-state index is 14.6. The van der Waals surface area contributed by atoms with E-state index in [1.807, 2.05) is 0 Å². The molecule has 0 aliphatic heterocycles. The van der Waals surface area contributed by atoms with E-state index < -0.39 is 94.7 Å². The largest absolute Gasteiger partial charge is 0.465 e. The number of nitrogens with two attached hydrogens (primary N) is 3. The second kappa shape index (κ2) is 18.3. The minimum absolute atomic E-state index is 0.0110. The van der Waals surface area contributed by atoms with Crippen LogP contribution in [0.3, 0.4) is 0 Å². The van der Waals surface area contributed by atoms with Gasteiger partial charge in [-0.25, -0.2) is 31.5 Å². The number of rotatable bonds is 17. The van der Waals surface area contributed by atoms with Crippen LogP contribution in [0.15, 0.2) is 4.99 Å². The summed E-state index contributed by atoms with van der Waals surface area (Å²) >= 11 is 0. The zero-order chi connectivity index (χ0) is 36.1. The summed E-state index contributed by atoms with van der Waals surface area (Å²) in [5.41, 5.74) is 13.4. The molecule has 264 valence electrons. The van der Waals surface area contributed by atoms with Gasteiger partial charge in [0.05, 0.1) is 0 Å². The maximum Gasteiger partial charge on any atom is 0.408 e. The number of halogens is 5. The highest BCUT2D eigenvalue weighted by atomic mass is 19.2. The van der Waals surface area contributed by atoms with Crippen molar-refractivity contribution in [2.24, 2.45) is 22.2 Å². The molecule has 5 amide bonds. The number of ether oxygens (including phenoxy) is 1. The van der Waals surface area contributed by atoms with Crippen LogP contribution in [0.1, 0.15) is 58.4 Å². The van der Waals surface area contributed by atoms with Gasteiger partial charge in [0.1, 0.15) is 23.7 Å². The Hall–Kier alpha value is -4.91. The van der Waals surface area contributed by atoms with E-state index in [0.717, 1.165) is 0 Å². The Labute approximate surface area is 266 Å². The van der Waals surface area contributed by atoms with Crippen molar-refractivity contribution in [1.82, 2.24) is 21.3 Å². The van der Waals surface area contributed by atoms with Crippen molar-refractivity contribution in [2.75, 3.05) is 13.1 Å². The molecule has 0 unspecified atom stereocenters. The van der Waals surface area contributed by atoms with Crippen LogP contribution in [0.5, 0.6) is 0 Å².